The zero-order chi connectivity index (χ0) is 30.7. The van der Waals surface area contributed by atoms with Gasteiger partial charge in [0.1, 0.15) is 11.5 Å². The number of H-pyrrole nitrogens is 2. The van der Waals surface area contributed by atoms with Crippen LogP contribution in [0.5, 0.6) is 5.75 Å². The highest BCUT2D eigenvalue weighted by Gasteiger charge is 2.32. The number of aromatic nitrogens is 3. The molecule has 0 unspecified atom stereocenters. The third-order valence-corrected chi connectivity index (χ3v) is 7.72. The Kier molecular flexibility index (Phi) is 8.76. The SMILES string of the molecule is CCCN(CCC)[C@@H](C)C(=O)N1CCc2cc(OC)c(Nc3nc(Nc4cccc(F)c4C(N)=O)c4cc[nH]c4[nH+]3)cc21. The molecule has 0 fully saturated rings. The summed E-state index contributed by atoms with van der Waals surface area (Å²) in [5.74, 6) is -0.251. The second kappa shape index (κ2) is 12.7. The first-order valence-electron chi connectivity index (χ1n) is 14.5. The van der Waals surface area contributed by atoms with Crippen molar-refractivity contribution in [3.63, 3.8) is 0 Å². The molecule has 11 nitrogen and oxygen atoms in total. The van der Waals surface area contributed by atoms with Crippen LogP contribution in [0.15, 0.2) is 42.6 Å². The molecule has 2 amide bonds. The number of carbonyl (C=O) groups excluding carboxylic acids is 2. The van der Waals surface area contributed by atoms with Crippen molar-refractivity contribution in [2.24, 2.45) is 5.73 Å². The van der Waals surface area contributed by atoms with Crippen LogP contribution in [0.2, 0.25) is 0 Å². The van der Waals surface area contributed by atoms with E-state index in [9.17, 15) is 14.0 Å². The zero-order valence-electron chi connectivity index (χ0n) is 24.9. The molecule has 0 saturated heterocycles. The number of anilines is 5. The van der Waals surface area contributed by atoms with Crippen LogP contribution in [0, 0.1) is 5.82 Å². The number of hydrogen-bond donors (Lipinski definition) is 4. The molecule has 1 atom stereocenters. The quantitative estimate of drug-likeness (QED) is 0.190. The van der Waals surface area contributed by atoms with Crippen molar-refractivity contribution in [1.82, 2.24) is 14.9 Å². The third kappa shape index (κ3) is 5.96. The number of ether oxygens (including phenoxy) is 1. The van der Waals surface area contributed by atoms with E-state index >= 15 is 0 Å². The molecule has 226 valence electrons. The Labute approximate surface area is 249 Å². The Morgan fingerprint density at radius 1 is 1.19 bits per heavy atom. The first-order valence-corrected chi connectivity index (χ1v) is 14.5. The molecule has 12 heteroatoms. The fraction of sp³-hybridized carbons (Fsp3) is 0.355. The van der Waals surface area contributed by atoms with Crippen LogP contribution in [0.3, 0.4) is 0 Å². The summed E-state index contributed by atoms with van der Waals surface area (Å²) in [5, 5.41) is 7.04. The van der Waals surface area contributed by atoms with Gasteiger partial charge in [0.2, 0.25) is 17.4 Å². The van der Waals surface area contributed by atoms with Crippen molar-refractivity contribution >= 4 is 51.7 Å². The number of fused-ring (bicyclic) bond motifs is 2. The molecule has 4 aromatic rings. The van der Waals surface area contributed by atoms with E-state index in [0.717, 1.165) is 43.6 Å². The lowest BCUT2D eigenvalue weighted by molar-refractivity contribution is -0.333. The molecule has 0 spiro atoms. The van der Waals surface area contributed by atoms with E-state index < -0.39 is 11.7 Å². The van der Waals surface area contributed by atoms with Crippen LogP contribution in [-0.2, 0) is 11.2 Å². The molecule has 1 aliphatic heterocycles. The van der Waals surface area contributed by atoms with Gasteiger partial charge in [0.15, 0.2) is 5.75 Å². The minimum atomic E-state index is -0.893. The van der Waals surface area contributed by atoms with Gasteiger partial charge in [-0.25, -0.2) is 9.37 Å². The number of carbonyl (C=O) groups is 2. The number of nitrogens with one attached hydrogen (secondary N) is 4. The molecule has 0 aliphatic carbocycles. The van der Waals surface area contributed by atoms with Crippen molar-refractivity contribution in [2.75, 3.05) is 42.3 Å². The van der Waals surface area contributed by atoms with Gasteiger partial charge >= 0.3 is 5.95 Å². The Morgan fingerprint density at radius 3 is 2.65 bits per heavy atom. The Bertz CT molecular complexity index is 1650. The van der Waals surface area contributed by atoms with Crippen LogP contribution < -0.4 is 31.0 Å². The zero-order valence-corrected chi connectivity index (χ0v) is 24.9. The second-order valence-corrected chi connectivity index (χ2v) is 10.6. The number of halogens is 1. The largest absolute Gasteiger partial charge is 0.493 e. The topological polar surface area (TPSA) is 143 Å². The van der Waals surface area contributed by atoms with Crippen molar-refractivity contribution in [2.45, 2.75) is 46.1 Å². The highest BCUT2D eigenvalue weighted by Crippen LogP contribution is 2.39. The molecule has 43 heavy (non-hydrogen) atoms. The van der Waals surface area contributed by atoms with Gasteiger partial charge in [-0.2, -0.15) is 0 Å². The summed E-state index contributed by atoms with van der Waals surface area (Å²) in [6, 6.07) is 9.64. The standard InChI is InChI=1S/C31H37FN8O3/c1-5-13-39(14-6-2)18(3)30(42)40-15-11-19-16-25(43-4)23(17-24(19)40)36-31-37-28-20(10-12-34-28)29(38-31)35-22-9-7-8-21(32)26(22)27(33)41/h7-10,12,16-18H,5-6,11,13-15H2,1-4H3,(H2,33,41)(H3,34,35,36,37,38)/p+1/t18-/m0/s1. The van der Waals surface area contributed by atoms with Crippen LogP contribution in [0.4, 0.5) is 33.2 Å². The normalized spacial score (nSPS) is 13.3. The molecule has 0 bridgehead atoms. The van der Waals surface area contributed by atoms with Gasteiger partial charge in [0.25, 0.3) is 5.91 Å². The predicted molar refractivity (Wildman–Crippen MR) is 165 cm³/mol. The summed E-state index contributed by atoms with van der Waals surface area (Å²) < 4.78 is 20.2. The summed E-state index contributed by atoms with van der Waals surface area (Å²) in [6.45, 7) is 8.57. The lowest BCUT2D eigenvalue weighted by Gasteiger charge is -2.31. The number of hydrogen-bond acceptors (Lipinski definition) is 7. The average molecular weight is 590 g/mol. The van der Waals surface area contributed by atoms with Crippen molar-refractivity contribution in [1.29, 1.82) is 0 Å². The maximum Gasteiger partial charge on any atom is 0.351 e. The minimum Gasteiger partial charge on any atom is -0.493 e. The van der Waals surface area contributed by atoms with Gasteiger partial charge in [-0.05, 0) is 69.1 Å². The number of amides is 2. The van der Waals surface area contributed by atoms with Crippen molar-refractivity contribution < 1.29 is 23.7 Å². The molecule has 6 N–H and O–H groups in total. The third-order valence-electron chi connectivity index (χ3n) is 7.72. The molecule has 1 aliphatic rings. The van der Waals surface area contributed by atoms with Crippen LogP contribution in [0.1, 0.15) is 49.5 Å². The maximum absolute atomic E-state index is 14.4. The smallest absolute Gasteiger partial charge is 0.351 e. The minimum absolute atomic E-state index is 0.0705. The first kappa shape index (κ1) is 29.8. The Morgan fingerprint density at radius 2 is 1.95 bits per heavy atom. The van der Waals surface area contributed by atoms with Gasteiger partial charge in [-0.1, -0.05) is 24.9 Å². The fourth-order valence-electron chi connectivity index (χ4n) is 5.64. The summed E-state index contributed by atoms with van der Waals surface area (Å²) in [7, 11) is 1.59. The number of primary amides is 1. The highest BCUT2D eigenvalue weighted by molar-refractivity contribution is 6.01. The molecular formula is C31H38FN8O3+. The fourth-order valence-corrected chi connectivity index (χ4v) is 5.64. The monoisotopic (exact) mass is 589 g/mol. The van der Waals surface area contributed by atoms with Gasteiger partial charge < -0.3 is 20.7 Å². The van der Waals surface area contributed by atoms with Gasteiger partial charge in [-0.15, -0.1) is 0 Å². The molecule has 3 heterocycles. The van der Waals surface area contributed by atoms with E-state index in [-0.39, 0.29) is 23.2 Å². The van der Waals surface area contributed by atoms with Gasteiger partial charge in [0.05, 0.1) is 35.5 Å². The van der Waals surface area contributed by atoms with E-state index in [1.54, 1.807) is 25.4 Å². The molecular weight excluding hydrogens is 551 g/mol. The first-order chi connectivity index (χ1) is 20.7. The summed E-state index contributed by atoms with van der Waals surface area (Å²) >= 11 is 0. The van der Waals surface area contributed by atoms with E-state index in [1.807, 2.05) is 24.0 Å². The molecule has 0 saturated carbocycles. The van der Waals surface area contributed by atoms with E-state index in [1.165, 1.54) is 12.1 Å². The van der Waals surface area contributed by atoms with E-state index in [2.05, 4.69) is 39.3 Å². The maximum atomic E-state index is 14.4. The lowest BCUT2D eigenvalue weighted by atomic mass is 10.1. The number of benzene rings is 2. The lowest BCUT2D eigenvalue weighted by Crippen LogP contribution is -2.47. The number of methoxy groups -OCH3 is 1. The van der Waals surface area contributed by atoms with Crippen LogP contribution in [0.25, 0.3) is 11.0 Å². The summed E-state index contributed by atoms with van der Waals surface area (Å²) in [4.78, 5) is 40.8. The van der Waals surface area contributed by atoms with Gasteiger partial charge in [-0.3, -0.25) is 24.8 Å². The second-order valence-electron chi connectivity index (χ2n) is 10.6. The summed E-state index contributed by atoms with van der Waals surface area (Å²) in [5.41, 5.74) is 8.50. The molecule has 2 aromatic heterocycles. The summed E-state index contributed by atoms with van der Waals surface area (Å²) in [6.07, 6.45) is 4.43. The van der Waals surface area contributed by atoms with Crippen molar-refractivity contribution in [3.05, 3.63) is 59.5 Å². The van der Waals surface area contributed by atoms with Crippen molar-refractivity contribution in [3.8, 4) is 5.75 Å². The van der Waals surface area contributed by atoms with E-state index in [4.69, 9.17) is 15.5 Å². The average Bonchev–Trinajstić information content (AvgIpc) is 3.63. The number of rotatable bonds is 12. The number of nitrogens with zero attached hydrogens (tertiary/aromatic N) is 3. The Hall–Kier alpha value is -4.71. The molecule has 2 aromatic carbocycles. The highest BCUT2D eigenvalue weighted by atomic mass is 19.1. The van der Waals surface area contributed by atoms with Crippen LogP contribution in [-0.4, -0.2) is 59.5 Å². The Balaban J connectivity index is 1.48. The number of aromatic amines is 2. The van der Waals surface area contributed by atoms with Crippen LogP contribution >= 0.6 is 0 Å². The predicted octanol–water partition coefficient (Wildman–Crippen LogP) is 4.51. The number of nitrogens with two attached hydrogens (primary N) is 1. The van der Waals surface area contributed by atoms with Gasteiger partial charge in [0, 0.05) is 18.8 Å². The molecule has 0 radical (unpaired) electrons. The van der Waals surface area contributed by atoms with E-state index in [0.29, 0.717) is 40.8 Å². The molecule has 5 rings (SSSR count).